The van der Waals surface area contributed by atoms with Crippen LogP contribution in [-0.2, 0) is 11.5 Å². The predicted molar refractivity (Wildman–Crippen MR) is 95.5 cm³/mol. The molecule has 2 heterocycles. The number of aromatic nitrogens is 4. The molecule has 0 fully saturated rings. The summed E-state index contributed by atoms with van der Waals surface area (Å²) in [4.78, 5) is 18.9. The largest absolute Gasteiger partial charge is 0.444 e. The number of hydrogen-bond acceptors (Lipinski definition) is 8. The highest BCUT2D eigenvalue weighted by molar-refractivity contribution is 7.97. The van der Waals surface area contributed by atoms with E-state index in [1.165, 1.54) is 0 Å². The molecule has 0 saturated heterocycles. The molecular weight excluding hydrogens is 324 g/mol. The van der Waals surface area contributed by atoms with E-state index in [-0.39, 0.29) is 5.95 Å². The fourth-order valence-corrected chi connectivity index (χ4v) is 2.78. The number of nitrogens with two attached hydrogens (primary N) is 1. The normalized spacial score (nSPS) is 10.8. The molecule has 0 unspecified atom stereocenters. The van der Waals surface area contributed by atoms with Gasteiger partial charge in [0, 0.05) is 25.4 Å². The summed E-state index contributed by atoms with van der Waals surface area (Å²) in [5.41, 5.74) is 7.57. The minimum absolute atomic E-state index is 0.233. The van der Waals surface area contributed by atoms with Crippen molar-refractivity contribution in [1.82, 2.24) is 19.9 Å². The number of oxazole rings is 1. The number of anilines is 2. The van der Waals surface area contributed by atoms with Gasteiger partial charge in [-0.3, -0.25) is 0 Å². The van der Waals surface area contributed by atoms with E-state index >= 15 is 0 Å². The summed E-state index contributed by atoms with van der Waals surface area (Å²) in [5, 5.41) is 0. The van der Waals surface area contributed by atoms with E-state index in [0.717, 1.165) is 11.3 Å². The Morgan fingerprint density at radius 2 is 1.83 bits per heavy atom. The Hall–Kier alpha value is -2.61. The van der Waals surface area contributed by atoms with Crippen LogP contribution in [0.1, 0.15) is 11.5 Å². The zero-order chi connectivity index (χ0) is 16.9. The lowest BCUT2D eigenvalue weighted by Crippen LogP contribution is -2.15. The second-order valence-electron chi connectivity index (χ2n) is 5.31. The van der Waals surface area contributed by atoms with E-state index in [2.05, 4.69) is 19.9 Å². The maximum Gasteiger partial charge on any atom is 0.229 e. The number of hydrogen-bond donors (Lipinski definition) is 1. The average Bonchev–Trinajstić information content (AvgIpc) is 3.04. The summed E-state index contributed by atoms with van der Waals surface area (Å²) in [5.74, 6) is 3.41. The van der Waals surface area contributed by atoms with Crippen LogP contribution in [0.4, 0.5) is 11.9 Å². The van der Waals surface area contributed by atoms with Crippen molar-refractivity contribution in [3.8, 4) is 11.5 Å². The first-order valence-electron chi connectivity index (χ1n) is 7.37. The van der Waals surface area contributed by atoms with Crippen LogP contribution < -0.4 is 10.6 Å². The quantitative estimate of drug-likeness (QED) is 0.730. The minimum atomic E-state index is 0.233. The van der Waals surface area contributed by atoms with Gasteiger partial charge < -0.3 is 15.1 Å². The monoisotopic (exact) mass is 342 g/mol. The van der Waals surface area contributed by atoms with Crippen molar-refractivity contribution >= 4 is 23.7 Å². The second-order valence-corrected chi connectivity index (χ2v) is 6.29. The van der Waals surface area contributed by atoms with E-state index in [9.17, 15) is 0 Å². The van der Waals surface area contributed by atoms with Gasteiger partial charge >= 0.3 is 0 Å². The fraction of sp³-hybridized carbons (Fsp3) is 0.250. The molecule has 0 aliphatic heterocycles. The predicted octanol–water partition coefficient (Wildman–Crippen LogP) is 2.61. The van der Waals surface area contributed by atoms with Gasteiger partial charge in [0.2, 0.25) is 17.8 Å². The van der Waals surface area contributed by atoms with Crippen LogP contribution in [0.15, 0.2) is 41.0 Å². The molecular formula is C16H18N6OS. The highest BCUT2D eigenvalue weighted by atomic mass is 32.2. The molecule has 0 saturated carbocycles. The summed E-state index contributed by atoms with van der Waals surface area (Å²) in [6.07, 6.45) is 1.68. The molecule has 0 spiro atoms. The van der Waals surface area contributed by atoms with Crippen LogP contribution in [-0.4, -0.2) is 34.0 Å². The number of benzene rings is 1. The lowest BCUT2D eigenvalue weighted by atomic mass is 10.2. The maximum atomic E-state index is 5.72. The second kappa shape index (κ2) is 7.31. The molecule has 24 heavy (non-hydrogen) atoms. The molecule has 3 aromatic rings. The van der Waals surface area contributed by atoms with Crippen LogP contribution >= 0.6 is 11.8 Å². The molecule has 7 nitrogen and oxygen atoms in total. The van der Waals surface area contributed by atoms with Crippen LogP contribution in [0.25, 0.3) is 11.5 Å². The molecule has 2 N–H and O–H groups in total. The molecule has 0 bridgehead atoms. The van der Waals surface area contributed by atoms with Gasteiger partial charge in [0.15, 0.2) is 0 Å². The molecule has 0 amide bonds. The van der Waals surface area contributed by atoms with Crippen molar-refractivity contribution in [1.29, 1.82) is 0 Å². The van der Waals surface area contributed by atoms with Gasteiger partial charge in [-0.2, -0.15) is 15.0 Å². The highest BCUT2D eigenvalue weighted by Crippen LogP contribution is 2.21. The van der Waals surface area contributed by atoms with Gasteiger partial charge in [0.05, 0.1) is 11.4 Å². The van der Waals surface area contributed by atoms with Gasteiger partial charge in [-0.15, -0.1) is 11.8 Å². The lowest BCUT2D eigenvalue weighted by molar-refractivity contribution is 0.573. The van der Waals surface area contributed by atoms with E-state index in [1.54, 1.807) is 22.9 Å². The Morgan fingerprint density at radius 1 is 1.04 bits per heavy atom. The number of nitrogens with zero attached hydrogens (tertiary/aromatic N) is 5. The van der Waals surface area contributed by atoms with Crippen molar-refractivity contribution < 1.29 is 4.42 Å². The molecule has 0 radical (unpaired) electrons. The molecule has 8 heteroatoms. The van der Waals surface area contributed by atoms with Gasteiger partial charge in [0.25, 0.3) is 0 Å². The third-order valence-corrected chi connectivity index (χ3v) is 4.10. The smallest absolute Gasteiger partial charge is 0.229 e. The molecule has 0 aliphatic rings. The third-order valence-electron chi connectivity index (χ3n) is 3.14. The van der Waals surface area contributed by atoms with Gasteiger partial charge in [-0.1, -0.05) is 18.2 Å². The number of rotatable bonds is 6. The summed E-state index contributed by atoms with van der Waals surface area (Å²) in [6, 6.07) is 9.83. The van der Waals surface area contributed by atoms with E-state index in [4.69, 9.17) is 10.2 Å². The summed E-state index contributed by atoms with van der Waals surface area (Å²) >= 11 is 1.65. The lowest BCUT2D eigenvalue weighted by Gasteiger charge is -2.11. The molecule has 0 atom stereocenters. The first-order valence-corrected chi connectivity index (χ1v) is 8.52. The summed E-state index contributed by atoms with van der Waals surface area (Å²) in [7, 11) is 3.73. The van der Waals surface area contributed by atoms with Crippen molar-refractivity contribution in [3.05, 3.63) is 48.1 Å². The van der Waals surface area contributed by atoms with Crippen molar-refractivity contribution in [2.45, 2.75) is 11.5 Å². The van der Waals surface area contributed by atoms with Crippen molar-refractivity contribution in [2.24, 2.45) is 0 Å². The van der Waals surface area contributed by atoms with Crippen LogP contribution in [0.3, 0.4) is 0 Å². The van der Waals surface area contributed by atoms with Gasteiger partial charge in [0.1, 0.15) is 12.1 Å². The van der Waals surface area contributed by atoms with Crippen LogP contribution in [0.5, 0.6) is 0 Å². The van der Waals surface area contributed by atoms with E-state index < -0.39 is 0 Å². The van der Waals surface area contributed by atoms with Gasteiger partial charge in [-0.05, 0) is 12.1 Å². The topological polar surface area (TPSA) is 94.0 Å². The Balaban J connectivity index is 1.60. The summed E-state index contributed by atoms with van der Waals surface area (Å²) < 4.78 is 5.53. The summed E-state index contributed by atoms with van der Waals surface area (Å²) in [6.45, 7) is 0. The van der Waals surface area contributed by atoms with Crippen LogP contribution in [0, 0.1) is 0 Å². The Kier molecular flexibility index (Phi) is 4.95. The minimum Gasteiger partial charge on any atom is -0.444 e. The van der Waals surface area contributed by atoms with Crippen LogP contribution in [0.2, 0.25) is 0 Å². The zero-order valence-electron chi connectivity index (χ0n) is 13.5. The zero-order valence-corrected chi connectivity index (χ0v) is 14.3. The van der Waals surface area contributed by atoms with E-state index in [1.807, 2.05) is 44.4 Å². The van der Waals surface area contributed by atoms with Crippen molar-refractivity contribution in [3.63, 3.8) is 0 Å². The molecule has 2 aromatic heterocycles. The Labute approximate surface area is 144 Å². The number of thioether (sulfide) groups is 1. The highest BCUT2D eigenvalue weighted by Gasteiger charge is 2.09. The Morgan fingerprint density at radius 3 is 2.58 bits per heavy atom. The fourth-order valence-electron chi connectivity index (χ4n) is 2.02. The molecule has 0 aliphatic carbocycles. The van der Waals surface area contributed by atoms with Crippen molar-refractivity contribution in [2.75, 3.05) is 24.7 Å². The van der Waals surface area contributed by atoms with Gasteiger partial charge in [-0.25, -0.2) is 4.98 Å². The Bertz CT molecular complexity index is 805. The third kappa shape index (κ3) is 4.02. The number of nitrogen functional groups attached to an aromatic ring is 1. The van der Waals surface area contributed by atoms with E-state index in [0.29, 0.717) is 29.2 Å². The average molecular weight is 342 g/mol. The maximum absolute atomic E-state index is 5.72. The molecule has 1 aromatic carbocycles. The first kappa shape index (κ1) is 16.3. The molecule has 124 valence electrons. The first-order chi connectivity index (χ1) is 11.6. The SMILES string of the molecule is CN(C)c1nc(N)nc(CSCc2coc(-c3ccccc3)n2)n1. The molecule has 3 rings (SSSR count). The standard InChI is InChI=1S/C16H18N6OS/c1-22(2)16-20-13(19-15(17)21-16)10-24-9-12-8-23-14(18-12)11-6-4-3-5-7-11/h3-8H,9-10H2,1-2H3,(H2,17,19,20,21).